The third-order valence-electron chi connectivity index (χ3n) is 3.32. The number of para-hydroxylation sites is 1. The fourth-order valence-corrected chi connectivity index (χ4v) is 2.19. The lowest BCUT2D eigenvalue weighted by atomic mass is 10.1. The number of hydrogen-bond acceptors (Lipinski definition) is 4. The number of rotatable bonds is 4. The van der Waals surface area contributed by atoms with Crippen LogP contribution in [0.4, 0.5) is 4.79 Å². The van der Waals surface area contributed by atoms with Crippen LogP contribution in [-0.2, 0) is 16.0 Å². The van der Waals surface area contributed by atoms with Gasteiger partial charge < -0.3 is 9.47 Å². The third-order valence-corrected chi connectivity index (χ3v) is 3.32. The Kier molecular flexibility index (Phi) is 4.05. The number of carbonyl (C=O) groups is 2. The van der Waals surface area contributed by atoms with Crippen LogP contribution in [-0.4, -0.2) is 30.1 Å². The number of imide groups is 1. The van der Waals surface area contributed by atoms with Gasteiger partial charge in [0.1, 0.15) is 18.1 Å². The van der Waals surface area contributed by atoms with Crippen molar-refractivity contribution >= 4 is 12.0 Å². The van der Waals surface area contributed by atoms with E-state index in [9.17, 15) is 9.59 Å². The van der Waals surface area contributed by atoms with Crippen molar-refractivity contribution in [1.29, 1.82) is 0 Å². The Labute approximate surface area is 128 Å². The van der Waals surface area contributed by atoms with Gasteiger partial charge in [0.2, 0.25) is 5.91 Å². The molecule has 5 heteroatoms. The molecule has 2 amide bonds. The van der Waals surface area contributed by atoms with E-state index in [2.05, 4.69) is 0 Å². The fraction of sp³-hybridized carbons (Fsp3) is 0.176. The van der Waals surface area contributed by atoms with E-state index in [1.54, 1.807) is 12.1 Å². The van der Waals surface area contributed by atoms with E-state index in [0.717, 1.165) is 16.2 Å². The highest BCUT2D eigenvalue weighted by atomic mass is 16.6. The smallest absolute Gasteiger partial charge is 0.416 e. The molecule has 1 saturated heterocycles. The quantitative estimate of drug-likeness (QED) is 0.870. The molecule has 0 spiro atoms. The summed E-state index contributed by atoms with van der Waals surface area (Å²) in [5.41, 5.74) is 0.824. The summed E-state index contributed by atoms with van der Waals surface area (Å²) >= 11 is 0. The zero-order valence-electron chi connectivity index (χ0n) is 11.9. The van der Waals surface area contributed by atoms with Crippen molar-refractivity contribution in [3.8, 4) is 11.5 Å². The average molecular weight is 297 g/mol. The molecule has 0 unspecified atom stereocenters. The van der Waals surface area contributed by atoms with E-state index in [1.807, 2.05) is 42.5 Å². The molecule has 3 rings (SSSR count). The van der Waals surface area contributed by atoms with Crippen molar-refractivity contribution < 1.29 is 19.1 Å². The predicted octanol–water partition coefficient (Wildman–Crippen LogP) is 3.00. The number of hydrogen-bond donors (Lipinski definition) is 0. The Bertz CT molecular complexity index is 667. The highest BCUT2D eigenvalue weighted by Crippen LogP contribution is 2.21. The molecule has 5 nitrogen and oxygen atoms in total. The Morgan fingerprint density at radius 1 is 1.05 bits per heavy atom. The van der Waals surface area contributed by atoms with Gasteiger partial charge in [0, 0.05) is 0 Å². The van der Waals surface area contributed by atoms with Crippen molar-refractivity contribution in [3.63, 3.8) is 0 Å². The largest absolute Gasteiger partial charge is 0.457 e. The van der Waals surface area contributed by atoms with Gasteiger partial charge in [-0.15, -0.1) is 0 Å². The van der Waals surface area contributed by atoms with Crippen molar-refractivity contribution in [2.24, 2.45) is 0 Å². The normalized spacial score (nSPS) is 13.8. The fourth-order valence-electron chi connectivity index (χ4n) is 2.19. The van der Waals surface area contributed by atoms with Crippen molar-refractivity contribution in [3.05, 3.63) is 60.2 Å². The highest BCUT2D eigenvalue weighted by Gasteiger charge is 2.27. The van der Waals surface area contributed by atoms with Gasteiger partial charge in [-0.05, 0) is 29.8 Å². The lowest BCUT2D eigenvalue weighted by molar-refractivity contribution is -0.127. The molecule has 112 valence electrons. The van der Waals surface area contributed by atoms with Crippen LogP contribution < -0.4 is 4.74 Å². The minimum atomic E-state index is -0.561. The molecule has 22 heavy (non-hydrogen) atoms. The summed E-state index contributed by atoms with van der Waals surface area (Å²) in [5, 5.41) is 0. The van der Waals surface area contributed by atoms with E-state index < -0.39 is 6.09 Å². The average Bonchev–Trinajstić information content (AvgIpc) is 2.96. The summed E-state index contributed by atoms with van der Waals surface area (Å²) < 4.78 is 10.4. The summed E-state index contributed by atoms with van der Waals surface area (Å²) in [5.74, 6) is 1.20. The lowest BCUT2D eigenvalue weighted by Gasteiger charge is -2.11. The summed E-state index contributed by atoms with van der Waals surface area (Å²) in [4.78, 5) is 24.5. The lowest BCUT2D eigenvalue weighted by Crippen LogP contribution is -2.32. The molecule has 0 radical (unpaired) electrons. The zero-order valence-corrected chi connectivity index (χ0v) is 11.9. The molecule has 0 saturated carbocycles. The van der Waals surface area contributed by atoms with Crippen LogP contribution in [0.3, 0.4) is 0 Å². The first-order chi connectivity index (χ1) is 10.7. The molecule has 1 aliphatic heterocycles. The van der Waals surface area contributed by atoms with Crippen LogP contribution in [0.5, 0.6) is 11.5 Å². The summed E-state index contributed by atoms with van der Waals surface area (Å²) in [6.07, 6.45) is -0.394. The van der Waals surface area contributed by atoms with Crippen LogP contribution in [0.25, 0.3) is 0 Å². The molecule has 0 aromatic heterocycles. The van der Waals surface area contributed by atoms with Gasteiger partial charge in [0.05, 0.1) is 13.0 Å². The van der Waals surface area contributed by atoms with E-state index in [-0.39, 0.29) is 18.9 Å². The first-order valence-electron chi connectivity index (χ1n) is 7.01. The molecule has 0 atom stereocenters. The second-order valence-electron chi connectivity index (χ2n) is 4.90. The molecule has 1 heterocycles. The van der Waals surface area contributed by atoms with Gasteiger partial charge >= 0.3 is 6.09 Å². The molecule has 1 fully saturated rings. The maximum Gasteiger partial charge on any atom is 0.416 e. The monoisotopic (exact) mass is 297 g/mol. The maximum atomic E-state index is 12.0. The number of cyclic esters (lactones) is 1. The zero-order chi connectivity index (χ0) is 15.4. The molecule has 2 aromatic rings. The number of nitrogens with zero attached hydrogens (tertiary/aromatic N) is 1. The Morgan fingerprint density at radius 2 is 1.73 bits per heavy atom. The Hall–Kier alpha value is -2.82. The van der Waals surface area contributed by atoms with Crippen LogP contribution in [0.1, 0.15) is 5.56 Å². The van der Waals surface area contributed by atoms with Crippen LogP contribution in [0.2, 0.25) is 0 Å². The van der Waals surface area contributed by atoms with Crippen molar-refractivity contribution in [2.45, 2.75) is 6.42 Å². The van der Waals surface area contributed by atoms with E-state index in [1.165, 1.54) is 0 Å². The number of benzene rings is 2. The Morgan fingerprint density at radius 3 is 2.36 bits per heavy atom. The second-order valence-corrected chi connectivity index (χ2v) is 4.90. The molecule has 0 N–H and O–H groups in total. The van der Waals surface area contributed by atoms with Gasteiger partial charge in [0.15, 0.2) is 0 Å². The molecular formula is C17H15NO4. The van der Waals surface area contributed by atoms with Gasteiger partial charge in [-0.25, -0.2) is 9.69 Å². The molecular weight excluding hydrogens is 282 g/mol. The summed E-state index contributed by atoms with van der Waals surface area (Å²) in [6, 6.07) is 16.7. The van der Waals surface area contributed by atoms with Crippen molar-refractivity contribution in [1.82, 2.24) is 4.90 Å². The number of amides is 2. The molecule has 2 aromatic carbocycles. The standard InChI is InChI=1S/C17H15NO4/c19-16(18-10-11-21-17(18)20)12-13-6-8-15(9-7-13)22-14-4-2-1-3-5-14/h1-9H,10-12H2. The topological polar surface area (TPSA) is 55.8 Å². The van der Waals surface area contributed by atoms with Crippen LogP contribution in [0.15, 0.2) is 54.6 Å². The van der Waals surface area contributed by atoms with Gasteiger partial charge in [-0.3, -0.25) is 4.79 Å². The first-order valence-corrected chi connectivity index (χ1v) is 7.01. The van der Waals surface area contributed by atoms with E-state index >= 15 is 0 Å². The van der Waals surface area contributed by atoms with Crippen LogP contribution in [0, 0.1) is 0 Å². The Balaban J connectivity index is 1.62. The minimum absolute atomic E-state index is 0.167. The second kappa shape index (κ2) is 6.30. The summed E-state index contributed by atoms with van der Waals surface area (Å²) in [6.45, 7) is 0.599. The molecule has 1 aliphatic rings. The first kappa shape index (κ1) is 14.1. The third kappa shape index (κ3) is 3.25. The number of ether oxygens (including phenoxy) is 2. The molecule has 0 aliphatic carbocycles. The summed E-state index contributed by atoms with van der Waals surface area (Å²) in [7, 11) is 0. The van der Waals surface area contributed by atoms with Gasteiger partial charge in [-0.2, -0.15) is 0 Å². The minimum Gasteiger partial charge on any atom is -0.457 e. The SMILES string of the molecule is O=C(Cc1ccc(Oc2ccccc2)cc1)N1CCOC1=O. The highest BCUT2D eigenvalue weighted by molar-refractivity contribution is 5.94. The van der Waals surface area contributed by atoms with E-state index in [0.29, 0.717) is 12.3 Å². The molecule has 0 bridgehead atoms. The maximum absolute atomic E-state index is 12.0. The predicted molar refractivity (Wildman–Crippen MR) is 79.7 cm³/mol. The van der Waals surface area contributed by atoms with E-state index in [4.69, 9.17) is 9.47 Å². The van der Waals surface area contributed by atoms with Crippen molar-refractivity contribution in [2.75, 3.05) is 13.2 Å². The van der Waals surface area contributed by atoms with Gasteiger partial charge in [-0.1, -0.05) is 30.3 Å². The number of carbonyl (C=O) groups excluding carboxylic acids is 2. The van der Waals surface area contributed by atoms with Gasteiger partial charge in [0.25, 0.3) is 0 Å². The van der Waals surface area contributed by atoms with Crippen LogP contribution >= 0.6 is 0 Å².